The van der Waals surface area contributed by atoms with Gasteiger partial charge in [-0.25, -0.2) is 12.7 Å². The van der Waals surface area contributed by atoms with Gasteiger partial charge in [-0.15, -0.1) is 0 Å². The molecule has 39 heavy (non-hydrogen) atoms. The summed E-state index contributed by atoms with van der Waals surface area (Å²) in [6, 6.07) is 28.0. The zero-order valence-corrected chi connectivity index (χ0v) is 23.1. The largest absolute Gasteiger partial charge is 0.497 e. The van der Waals surface area contributed by atoms with Crippen molar-refractivity contribution >= 4 is 15.9 Å². The maximum Gasteiger partial charge on any atom is 0.266 e. The van der Waals surface area contributed by atoms with E-state index in [1.807, 2.05) is 67.6 Å². The molecular weight excluding hydrogens is 512 g/mol. The Morgan fingerprint density at radius 1 is 0.641 bits per heavy atom. The summed E-state index contributed by atoms with van der Waals surface area (Å²) in [6.07, 6.45) is 0. The van der Waals surface area contributed by atoms with Crippen molar-refractivity contribution in [2.24, 2.45) is 4.99 Å². The molecule has 8 heteroatoms. The lowest BCUT2D eigenvalue weighted by molar-refractivity contribution is 0.407. The third-order valence-corrected chi connectivity index (χ3v) is 8.65. The van der Waals surface area contributed by atoms with Crippen LogP contribution in [0.5, 0.6) is 17.2 Å². The first-order valence-electron chi connectivity index (χ1n) is 12.5. The highest BCUT2D eigenvalue weighted by atomic mass is 32.2. The van der Waals surface area contributed by atoms with Gasteiger partial charge < -0.3 is 14.2 Å². The Hall–Kier alpha value is -4.30. The van der Waals surface area contributed by atoms with Crippen LogP contribution in [0.4, 0.5) is 0 Å². The third-order valence-electron chi connectivity index (χ3n) is 6.86. The van der Waals surface area contributed by atoms with E-state index in [2.05, 4.69) is 0 Å². The molecule has 0 N–H and O–H groups in total. The number of sulfonamides is 1. The van der Waals surface area contributed by atoms with Gasteiger partial charge in [-0.3, -0.25) is 4.99 Å². The van der Waals surface area contributed by atoms with E-state index in [1.54, 1.807) is 57.7 Å². The van der Waals surface area contributed by atoms with Crippen molar-refractivity contribution in [2.75, 3.05) is 21.3 Å². The Labute approximate surface area is 229 Å². The van der Waals surface area contributed by atoms with Gasteiger partial charge in [-0.2, -0.15) is 0 Å². The molecule has 0 saturated heterocycles. The van der Waals surface area contributed by atoms with Crippen molar-refractivity contribution in [2.45, 2.75) is 23.9 Å². The van der Waals surface area contributed by atoms with Crippen LogP contribution in [0, 0.1) is 6.92 Å². The fourth-order valence-electron chi connectivity index (χ4n) is 4.72. The number of rotatable bonds is 8. The highest BCUT2D eigenvalue weighted by Crippen LogP contribution is 2.46. The molecule has 0 amide bonds. The average molecular weight is 543 g/mol. The van der Waals surface area contributed by atoms with Crippen molar-refractivity contribution in [1.82, 2.24) is 4.31 Å². The molecule has 0 fully saturated rings. The van der Waals surface area contributed by atoms with Crippen LogP contribution < -0.4 is 14.2 Å². The zero-order chi connectivity index (χ0) is 27.6. The summed E-state index contributed by atoms with van der Waals surface area (Å²) >= 11 is 0. The first kappa shape index (κ1) is 26.3. The molecule has 1 aliphatic rings. The number of aliphatic imine (C=N–C) groups is 1. The van der Waals surface area contributed by atoms with Crippen molar-refractivity contribution in [3.63, 3.8) is 0 Å². The molecule has 7 nitrogen and oxygen atoms in total. The molecule has 0 spiro atoms. The molecule has 0 aromatic heterocycles. The molecule has 4 aromatic rings. The minimum absolute atomic E-state index is 0.197. The summed E-state index contributed by atoms with van der Waals surface area (Å²) in [6.45, 7) is 1.93. The summed E-state index contributed by atoms with van der Waals surface area (Å²) in [5.74, 6) is 2.42. The summed E-state index contributed by atoms with van der Waals surface area (Å²) in [5, 5.41) is 0. The molecule has 4 aromatic carbocycles. The molecule has 1 heterocycles. The monoisotopic (exact) mass is 542 g/mol. The number of hydrogen-bond acceptors (Lipinski definition) is 6. The van der Waals surface area contributed by atoms with Crippen LogP contribution in [0.15, 0.2) is 107 Å². The van der Waals surface area contributed by atoms with Crippen molar-refractivity contribution in [3.05, 3.63) is 119 Å². The number of aryl methyl sites for hydroxylation is 1. The van der Waals surface area contributed by atoms with Gasteiger partial charge in [-0.1, -0.05) is 42.0 Å². The quantitative estimate of drug-likeness (QED) is 0.275. The van der Waals surface area contributed by atoms with Gasteiger partial charge in [0.25, 0.3) is 10.0 Å². The molecule has 1 aliphatic heterocycles. The van der Waals surface area contributed by atoms with E-state index in [1.165, 1.54) is 4.31 Å². The van der Waals surface area contributed by atoms with E-state index >= 15 is 0 Å². The van der Waals surface area contributed by atoms with E-state index in [0.717, 1.165) is 16.7 Å². The number of hydrogen-bond donors (Lipinski definition) is 0. The average Bonchev–Trinajstić information content (AvgIpc) is 3.39. The van der Waals surface area contributed by atoms with Gasteiger partial charge in [0.2, 0.25) is 0 Å². The van der Waals surface area contributed by atoms with Crippen LogP contribution in [0.25, 0.3) is 0 Å². The van der Waals surface area contributed by atoms with Crippen molar-refractivity contribution < 1.29 is 22.6 Å². The lowest BCUT2D eigenvalue weighted by Crippen LogP contribution is -2.37. The van der Waals surface area contributed by atoms with Crippen LogP contribution in [0.2, 0.25) is 0 Å². The normalized spacial score (nSPS) is 17.0. The molecular formula is C31H30N2O5S. The number of methoxy groups -OCH3 is 3. The Balaban J connectivity index is 1.73. The van der Waals surface area contributed by atoms with E-state index in [-0.39, 0.29) is 4.90 Å². The van der Waals surface area contributed by atoms with Gasteiger partial charge in [0.15, 0.2) is 0 Å². The summed E-state index contributed by atoms with van der Waals surface area (Å²) in [7, 11) is 0.786. The Morgan fingerprint density at radius 3 is 1.59 bits per heavy atom. The smallest absolute Gasteiger partial charge is 0.266 e. The second kappa shape index (κ2) is 10.8. The van der Waals surface area contributed by atoms with Gasteiger partial charge in [0, 0.05) is 5.56 Å². The first-order valence-corrected chi connectivity index (χ1v) is 13.9. The topological polar surface area (TPSA) is 77.4 Å². The van der Waals surface area contributed by atoms with Crippen LogP contribution in [-0.2, 0) is 10.0 Å². The van der Waals surface area contributed by atoms with Gasteiger partial charge >= 0.3 is 0 Å². The van der Waals surface area contributed by atoms with Crippen molar-refractivity contribution in [3.8, 4) is 17.2 Å². The number of ether oxygens (including phenoxy) is 3. The fraction of sp³-hybridized carbons (Fsp3) is 0.194. The second-order valence-electron chi connectivity index (χ2n) is 9.23. The van der Waals surface area contributed by atoms with Crippen LogP contribution in [0.3, 0.4) is 0 Å². The SMILES string of the molecule is COc1ccc(C2=NC(c3ccc(OC)cc3)C(c3ccc(OC)cc3)N2S(=O)(=O)c2ccc(C)cc2)cc1. The number of amidine groups is 1. The molecule has 0 saturated carbocycles. The first-order chi connectivity index (χ1) is 18.8. The van der Waals surface area contributed by atoms with Crippen molar-refractivity contribution in [1.29, 1.82) is 0 Å². The fourth-order valence-corrected chi connectivity index (χ4v) is 6.35. The van der Waals surface area contributed by atoms with Crippen LogP contribution in [0.1, 0.15) is 34.3 Å². The standard InChI is InChI=1S/C31H30N2O5S/c1-21-5-19-28(20-6-21)39(34,35)33-30(23-9-15-26(37-3)16-10-23)29(22-7-13-25(36-2)14-8-22)32-31(33)24-11-17-27(38-4)18-12-24/h5-20,29-30H,1-4H3. The maximum atomic E-state index is 14.4. The number of nitrogens with zero attached hydrogens (tertiary/aromatic N) is 2. The molecule has 0 bridgehead atoms. The maximum absolute atomic E-state index is 14.4. The second-order valence-corrected chi connectivity index (χ2v) is 11.0. The van der Waals surface area contributed by atoms with E-state index < -0.39 is 22.1 Å². The van der Waals surface area contributed by atoms with E-state index in [0.29, 0.717) is 28.6 Å². The highest BCUT2D eigenvalue weighted by Gasteiger charge is 2.45. The molecule has 5 rings (SSSR count). The van der Waals surface area contributed by atoms with Crippen LogP contribution >= 0.6 is 0 Å². The van der Waals surface area contributed by atoms with Gasteiger partial charge in [0.1, 0.15) is 29.1 Å². The molecule has 2 atom stereocenters. The Morgan fingerprint density at radius 2 is 1.10 bits per heavy atom. The minimum Gasteiger partial charge on any atom is -0.497 e. The predicted octanol–water partition coefficient (Wildman–Crippen LogP) is 5.95. The summed E-state index contributed by atoms with van der Waals surface area (Å²) in [4.78, 5) is 5.28. The Kier molecular flexibility index (Phi) is 7.30. The molecule has 0 aliphatic carbocycles. The summed E-state index contributed by atoms with van der Waals surface area (Å²) < 4.78 is 46.3. The number of benzene rings is 4. The Bertz CT molecular complexity index is 1560. The van der Waals surface area contributed by atoms with Gasteiger partial charge in [0.05, 0.1) is 32.3 Å². The molecule has 2 unspecified atom stereocenters. The molecule has 200 valence electrons. The highest BCUT2D eigenvalue weighted by molar-refractivity contribution is 7.89. The third kappa shape index (κ3) is 5.07. The lowest BCUT2D eigenvalue weighted by atomic mass is 9.94. The lowest BCUT2D eigenvalue weighted by Gasteiger charge is -2.30. The van der Waals surface area contributed by atoms with Gasteiger partial charge in [-0.05, 0) is 78.7 Å². The molecule has 0 radical (unpaired) electrons. The predicted molar refractivity (Wildman–Crippen MR) is 151 cm³/mol. The van der Waals surface area contributed by atoms with E-state index in [4.69, 9.17) is 19.2 Å². The zero-order valence-electron chi connectivity index (χ0n) is 22.2. The van der Waals surface area contributed by atoms with E-state index in [9.17, 15) is 8.42 Å². The summed E-state index contributed by atoms with van der Waals surface area (Å²) in [5.41, 5.74) is 3.30. The van der Waals surface area contributed by atoms with Crippen LogP contribution in [-0.4, -0.2) is 39.9 Å². The minimum atomic E-state index is -4.02.